The highest BCUT2D eigenvalue weighted by Gasteiger charge is 2.40. The first-order valence-corrected chi connectivity index (χ1v) is 10.5. The number of aromatic carboxylic acids is 1. The topological polar surface area (TPSA) is 70.4 Å². The van der Waals surface area contributed by atoms with E-state index in [1.165, 1.54) is 0 Å². The lowest BCUT2D eigenvalue weighted by Gasteiger charge is -2.29. The predicted octanol–water partition coefficient (Wildman–Crippen LogP) is 4.34. The van der Waals surface area contributed by atoms with Crippen LogP contribution in [0.4, 0.5) is 0 Å². The van der Waals surface area contributed by atoms with Crippen molar-refractivity contribution >= 4 is 23.3 Å². The summed E-state index contributed by atoms with van der Waals surface area (Å²) in [5, 5.41) is 13.6. The van der Waals surface area contributed by atoms with E-state index in [1.807, 2.05) is 41.1 Å². The quantitative estimate of drug-likeness (QED) is 0.554. The first-order chi connectivity index (χ1) is 14.6. The maximum absolute atomic E-state index is 11.5. The predicted molar refractivity (Wildman–Crippen MR) is 120 cm³/mol. The summed E-state index contributed by atoms with van der Waals surface area (Å²) in [5.74, 6) is -0.940. The van der Waals surface area contributed by atoms with Crippen molar-refractivity contribution in [3.8, 4) is 5.69 Å². The van der Waals surface area contributed by atoms with Crippen LogP contribution in [0.5, 0.6) is 0 Å². The third-order valence-electron chi connectivity index (χ3n) is 5.40. The highest BCUT2D eigenvalue weighted by atomic mass is 32.1. The molecule has 2 atom stereocenters. The zero-order chi connectivity index (χ0) is 21.1. The minimum Gasteiger partial charge on any atom is -0.478 e. The normalized spacial score (nSPS) is 18.4. The third-order valence-corrected chi connectivity index (χ3v) is 5.76. The van der Waals surface area contributed by atoms with E-state index in [1.54, 1.807) is 24.4 Å². The van der Waals surface area contributed by atoms with Gasteiger partial charge in [0, 0.05) is 30.3 Å². The number of nitrogens with one attached hydrogen (secondary N) is 1. The first kappa shape index (κ1) is 20.1. The Labute approximate surface area is 181 Å². The zero-order valence-electron chi connectivity index (χ0n) is 16.7. The van der Waals surface area contributed by atoms with Crippen LogP contribution in [0.3, 0.4) is 0 Å². The molecule has 3 heterocycles. The standard InChI is InChI=1S/C23H24N4O2S/c1-2-3-13-27-21(20(25-23(27)30)18-10-4-5-12-24-18)19-11-7-14-26(19)17-9-6-8-16(15-17)22(28)29/h4-12,14-15,20-21H,2-3,13H2,1H3,(H,25,30)(H,28,29)/t20-,21+/m1/s1. The van der Waals surface area contributed by atoms with Crippen LogP contribution >= 0.6 is 12.2 Å². The molecule has 0 radical (unpaired) electrons. The lowest BCUT2D eigenvalue weighted by atomic mass is 10.0. The number of unbranched alkanes of at least 4 members (excludes halogenated alkanes) is 1. The van der Waals surface area contributed by atoms with Crippen molar-refractivity contribution in [1.29, 1.82) is 0 Å². The van der Waals surface area contributed by atoms with Crippen molar-refractivity contribution < 1.29 is 9.90 Å². The van der Waals surface area contributed by atoms with E-state index in [9.17, 15) is 9.90 Å². The number of hydrogen-bond acceptors (Lipinski definition) is 3. The molecule has 3 aromatic rings. The highest BCUT2D eigenvalue weighted by Crippen LogP contribution is 2.39. The number of nitrogens with zero attached hydrogens (tertiary/aromatic N) is 3. The highest BCUT2D eigenvalue weighted by molar-refractivity contribution is 7.80. The summed E-state index contributed by atoms with van der Waals surface area (Å²) in [6.07, 6.45) is 5.86. The van der Waals surface area contributed by atoms with E-state index < -0.39 is 5.97 Å². The fourth-order valence-corrected chi connectivity index (χ4v) is 4.29. The van der Waals surface area contributed by atoms with Gasteiger partial charge >= 0.3 is 5.97 Å². The van der Waals surface area contributed by atoms with Crippen LogP contribution in [0.15, 0.2) is 67.0 Å². The monoisotopic (exact) mass is 420 g/mol. The molecule has 1 aromatic carbocycles. The summed E-state index contributed by atoms with van der Waals surface area (Å²) in [6, 6.07) is 16.8. The van der Waals surface area contributed by atoms with Gasteiger partial charge < -0.3 is 19.9 Å². The van der Waals surface area contributed by atoms with Gasteiger partial charge in [-0.25, -0.2) is 4.79 Å². The van der Waals surface area contributed by atoms with Crippen LogP contribution in [0.1, 0.15) is 53.6 Å². The Bertz CT molecular complexity index is 1050. The fourth-order valence-electron chi connectivity index (χ4n) is 3.96. The number of carbonyl (C=O) groups is 1. The molecule has 1 fully saturated rings. The van der Waals surface area contributed by atoms with Gasteiger partial charge in [0.25, 0.3) is 0 Å². The van der Waals surface area contributed by atoms with Crippen LogP contribution < -0.4 is 5.32 Å². The van der Waals surface area contributed by atoms with Gasteiger partial charge in [-0.3, -0.25) is 4.98 Å². The number of carboxylic acids is 1. The Balaban J connectivity index is 1.79. The van der Waals surface area contributed by atoms with Crippen molar-refractivity contribution in [2.75, 3.05) is 6.54 Å². The largest absolute Gasteiger partial charge is 0.478 e. The summed E-state index contributed by atoms with van der Waals surface area (Å²) in [5.41, 5.74) is 3.03. The van der Waals surface area contributed by atoms with Gasteiger partial charge in [-0.1, -0.05) is 25.5 Å². The van der Waals surface area contributed by atoms with E-state index in [-0.39, 0.29) is 17.6 Å². The number of aromatic nitrogens is 2. The SMILES string of the molecule is CCCCN1C(=S)N[C@H](c2ccccn2)[C@@H]1c1cccn1-c1cccc(C(=O)O)c1. The molecule has 6 nitrogen and oxygen atoms in total. The molecule has 30 heavy (non-hydrogen) atoms. The van der Waals surface area contributed by atoms with Crippen molar-refractivity contribution in [1.82, 2.24) is 19.8 Å². The molecule has 0 spiro atoms. The second-order valence-corrected chi connectivity index (χ2v) is 7.72. The number of hydrogen-bond donors (Lipinski definition) is 2. The molecule has 2 aromatic heterocycles. The van der Waals surface area contributed by atoms with Crippen LogP contribution in [-0.4, -0.2) is 37.2 Å². The Kier molecular flexibility index (Phi) is 5.81. The summed E-state index contributed by atoms with van der Waals surface area (Å²) in [6.45, 7) is 3.01. The number of rotatable bonds is 7. The number of benzene rings is 1. The second-order valence-electron chi connectivity index (χ2n) is 7.33. The van der Waals surface area contributed by atoms with Crippen LogP contribution in [0, 0.1) is 0 Å². The number of pyridine rings is 1. The summed E-state index contributed by atoms with van der Waals surface area (Å²) >= 11 is 5.70. The van der Waals surface area contributed by atoms with E-state index in [2.05, 4.69) is 28.2 Å². The van der Waals surface area contributed by atoms with Crippen LogP contribution in [0.2, 0.25) is 0 Å². The average Bonchev–Trinajstić information content (AvgIpc) is 3.37. The van der Waals surface area contributed by atoms with Crippen molar-refractivity contribution in [2.45, 2.75) is 31.8 Å². The lowest BCUT2D eigenvalue weighted by Crippen LogP contribution is -2.31. The average molecular weight is 421 g/mol. The molecule has 0 unspecified atom stereocenters. The van der Waals surface area contributed by atoms with Gasteiger partial charge in [-0.05, 0) is 61.1 Å². The zero-order valence-corrected chi connectivity index (χ0v) is 17.5. The van der Waals surface area contributed by atoms with Gasteiger partial charge in [0.15, 0.2) is 5.11 Å². The van der Waals surface area contributed by atoms with Crippen molar-refractivity contribution in [2.24, 2.45) is 0 Å². The maximum atomic E-state index is 11.5. The minimum atomic E-state index is -0.940. The molecule has 1 saturated heterocycles. The van der Waals surface area contributed by atoms with Gasteiger partial charge in [-0.15, -0.1) is 0 Å². The number of carboxylic acid groups (broad SMARTS) is 1. The Morgan fingerprint density at radius 2 is 2.07 bits per heavy atom. The molecule has 4 rings (SSSR count). The molecule has 0 saturated carbocycles. The van der Waals surface area contributed by atoms with E-state index in [0.29, 0.717) is 0 Å². The van der Waals surface area contributed by atoms with Crippen molar-refractivity contribution in [3.05, 3.63) is 83.9 Å². The Morgan fingerprint density at radius 3 is 2.80 bits per heavy atom. The van der Waals surface area contributed by atoms with Gasteiger partial charge in [0.05, 0.1) is 23.3 Å². The van der Waals surface area contributed by atoms with Gasteiger partial charge in [0.2, 0.25) is 0 Å². The molecule has 0 amide bonds. The summed E-state index contributed by atoms with van der Waals surface area (Å²) < 4.78 is 2.04. The third kappa shape index (κ3) is 3.80. The molecular weight excluding hydrogens is 396 g/mol. The fraction of sp³-hybridized carbons (Fsp3) is 0.261. The van der Waals surface area contributed by atoms with Crippen LogP contribution in [0.25, 0.3) is 5.69 Å². The summed E-state index contributed by atoms with van der Waals surface area (Å²) in [7, 11) is 0. The van der Waals surface area contributed by atoms with Crippen LogP contribution in [-0.2, 0) is 0 Å². The Morgan fingerprint density at radius 1 is 1.20 bits per heavy atom. The molecule has 1 aliphatic heterocycles. The second kappa shape index (κ2) is 8.67. The lowest BCUT2D eigenvalue weighted by molar-refractivity contribution is 0.0697. The van der Waals surface area contributed by atoms with E-state index in [0.717, 1.165) is 41.6 Å². The Hall–Kier alpha value is -3.19. The molecule has 0 aliphatic carbocycles. The van der Waals surface area contributed by atoms with Crippen molar-refractivity contribution in [3.63, 3.8) is 0 Å². The van der Waals surface area contributed by atoms with Gasteiger partial charge in [0.1, 0.15) is 0 Å². The number of thiocarbonyl (C=S) groups is 1. The molecule has 154 valence electrons. The van der Waals surface area contributed by atoms with E-state index in [4.69, 9.17) is 12.2 Å². The summed E-state index contributed by atoms with van der Waals surface area (Å²) in [4.78, 5) is 18.3. The molecule has 0 bridgehead atoms. The van der Waals surface area contributed by atoms with E-state index >= 15 is 0 Å². The maximum Gasteiger partial charge on any atom is 0.335 e. The van der Waals surface area contributed by atoms with Gasteiger partial charge in [-0.2, -0.15) is 0 Å². The molecule has 2 N–H and O–H groups in total. The smallest absolute Gasteiger partial charge is 0.335 e. The molecule has 7 heteroatoms. The first-order valence-electron chi connectivity index (χ1n) is 10.1. The molecular formula is C23H24N4O2S. The molecule has 1 aliphatic rings. The minimum absolute atomic E-state index is 0.0533.